The maximum Gasteiger partial charge on any atom is 0.325 e. The highest BCUT2D eigenvalue weighted by Gasteiger charge is 2.29. The average Bonchev–Trinajstić information content (AvgIpc) is 3.10. The molecule has 3 rings (SSSR count). The van der Waals surface area contributed by atoms with Gasteiger partial charge in [0.1, 0.15) is 11.5 Å². The molecular weight excluding hydrogens is 351 g/mol. The maximum absolute atomic E-state index is 12.2. The lowest BCUT2D eigenvalue weighted by atomic mass is 10.1. The van der Waals surface area contributed by atoms with E-state index in [0.717, 1.165) is 4.90 Å². The van der Waals surface area contributed by atoms with Crippen LogP contribution < -0.4 is 5.73 Å². The zero-order valence-electron chi connectivity index (χ0n) is 12.5. The van der Waals surface area contributed by atoms with E-state index in [2.05, 4.69) is 0 Å². The van der Waals surface area contributed by atoms with Crippen molar-refractivity contribution in [1.82, 2.24) is 4.90 Å². The van der Waals surface area contributed by atoms with Crippen molar-refractivity contribution in [2.24, 2.45) is 5.73 Å². The summed E-state index contributed by atoms with van der Waals surface area (Å²) in [5, 5.41) is 1.04. The monoisotopic (exact) mass is 362 g/mol. The molecule has 0 saturated heterocycles. The Morgan fingerprint density at radius 2 is 2.00 bits per heavy atom. The Kier molecular flexibility index (Phi) is 4.22. The molecule has 2 aromatic rings. The molecule has 7 heteroatoms. The van der Waals surface area contributed by atoms with Crippen molar-refractivity contribution in [1.29, 1.82) is 0 Å². The van der Waals surface area contributed by atoms with Gasteiger partial charge in [0.2, 0.25) is 0 Å². The molecule has 1 aromatic carbocycles. The average molecular weight is 363 g/mol. The van der Waals surface area contributed by atoms with Crippen LogP contribution in [0.15, 0.2) is 52.1 Å². The van der Waals surface area contributed by atoms with Gasteiger partial charge in [0.25, 0.3) is 5.91 Å². The van der Waals surface area contributed by atoms with Gasteiger partial charge in [-0.15, -0.1) is 0 Å². The summed E-state index contributed by atoms with van der Waals surface area (Å²) in [5.41, 5.74) is 6.77. The van der Waals surface area contributed by atoms with E-state index in [9.17, 15) is 9.59 Å². The van der Waals surface area contributed by atoms with Gasteiger partial charge in [-0.05, 0) is 48.9 Å². The number of imide groups is 1. The van der Waals surface area contributed by atoms with Crippen LogP contribution in [0, 0.1) is 0 Å². The molecule has 1 aliphatic heterocycles. The number of nitrogens with two attached hydrogens (primary N) is 1. The predicted molar refractivity (Wildman–Crippen MR) is 92.3 cm³/mol. The summed E-state index contributed by atoms with van der Waals surface area (Å²) >= 11 is 12.1. The van der Waals surface area contributed by atoms with Crippen LogP contribution in [0.4, 0.5) is 4.79 Å². The normalized spacial score (nSPS) is 16.0. The molecule has 2 N–H and O–H groups in total. The Labute approximate surface area is 147 Å². The highest BCUT2D eigenvalue weighted by molar-refractivity contribution is 6.35. The lowest BCUT2D eigenvalue weighted by molar-refractivity contribution is -0.121. The molecule has 0 unspecified atom stereocenters. The fraction of sp³-hybridized carbons (Fsp3) is 0.0588. The summed E-state index contributed by atoms with van der Waals surface area (Å²) in [6, 6.07) is 7.66. The molecule has 0 atom stereocenters. The van der Waals surface area contributed by atoms with Gasteiger partial charge in [-0.2, -0.15) is 0 Å². The lowest BCUT2D eigenvalue weighted by Gasteiger charge is -2.06. The van der Waals surface area contributed by atoms with Crippen LogP contribution in [-0.4, -0.2) is 16.8 Å². The Morgan fingerprint density at radius 3 is 2.67 bits per heavy atom. The molecule has 2 heterocycles. The Bertz CT molecular complexity index is 912. The second-order valence-corrected chi connectivity index (χ2v) is 6.05. The first-order valence-electron chi connectivity index (χ1n) is 6.95. The molecule has 122 valence electrons. The number of amides is 3. The van der Waals surface area contributed by atoms with Crippen molar-refractivity contribution in [3.05, 3.63) is 63.5 Å². The Hall–Kier alpha value is -2.50. The summed E-state index contributed by atoms with van der Waals surface area (Å²) < 4.78 is 5.73. The number of carbonyl (C=O) groups is 2. The van der Waals surface area contributed by atoms with Gasteiger partial charge < -0.3 is 10.2 Å². The van der Waals surface area contributed by atoms with Crippen molar-refractivity contribution in [3.63, 3.8) is 0 Å². The molecule has 0 aliphatic carbocycles. The third kappa shape index (κ3) is 2.96. The highest BCUT2D eigenvalue weighted by atomic mass is 35.5. The van der Waals surface area contributed by atoms with E-state index in [4.69, 9.17) is 33.4 Å². The number of urea groups is 1. The number of halogens is 2. The first kappa shape index (κ1) is 16.4. The zero-order valence-corrected chi connectivity index (χ0v) is 14.1. The van der Waals surface area contributed by atoms with Gasteiger partial charge in [0.15, 0.2) is 0 Å². The molecule has 0 radical (unpaired) electrons. The smallest absolute Gasteiger partial charge is 0.325 e. The molecule has 0 bridgehead atoms. The second kappa shape index (κ2) is 6.19. The standard InChI is InChI=1S/C17H12Cl2N2O3/c1-9-8-21(17(20)23)16(22)12(9)7-11-3-5-15(24-11)13-6-10(18)2-4-14(13)19/h2-8H,1H3,(H2,20,23). The topological polar surface area (TPSA) is 76.5 Å². The minimum Gasteiger partial charge on any atom is -0.457 e. The summed E-state index contributed by atoms with van der Waals surface area (Å²) in [6.07, 6.45) is 2.95. The van der Waals surface area contributed by atoms with Crippen molar-refractivity contribution in [3.8, 4) is 11.3 Å². The van der Waals surface area contributed by atoms with Crippen LogP contribution in [0.3, 0.4) is 0 Å². The maximum atomic E-state index is 12.2. The minimum atomic E-state index is -0.825. The first-order valence-corrected chi connectivity index (χ1v) is 7.71. The third-order valence-corrected chi connectivity index (χ3v) is 4.11. The SMILES string of the molecule is CC1=CN(C(N)=O)C(=O)C1=Cc1ccc(-c2cc(Cl)ccc2Cl)o1. The van der Waals surface area contributed by atoms with Gasteiger partial charge in [0, 0.05) is 22.4 Å². The second-order valence-electron chi connectivity index (χ2n) is 5.21. The van der Waals surface area contributed by atoms with E-state index < -0.39 is 11.9 Å². The van der Waals surface area contributed by atoms with Crippen LogP contribution in [0.1, 0.15) is 12.7 Å². The quantitative estimate of drug-likeness (QED) is 0.801. The van der Waals surface area contributed by atoms with E-state index >= 15 is 0 Å². The number of nitrogens with zero attached hydrogens (tertiary/aromatic N) is 1. The number of primary amides is 1. The molecule has 0 spiro atoms. The van der Waals surface area contributed by atoms with Gasteiger partial charge in [-0.3, -0.25) is 4.79 Å². The van der Waals surface area contributed by atoms with Crippen molar-refractivity contribution >= 4 is 41.2 Å². The molecular formula is C17H12Cl2N2O3. The zero-order chi connectivity index (χ0) is 17.4. The summed E-state index contributed by atoms with van der Waals surface area (Å²) in [4.78, 5) is 24.2. The summed E-state index contributed by atoms with van der Waals surface area (Å²) in [5.74, 6) is 0.482. The van der Waals surface area contributed by atoms with Crippen molar-refractivity contribution in [2.75, 3.05) is 0 Å². The fourth-order valence-electron chi connectivity index (χ4n) is 2.36. The molecule has 5 nitrogen and oxygen atoms in total. The van der Waals surface area contributed by atoms with Crippen molar-refractivity contribution < 1.29 is 14.0 Å². The van der Waals surface area contributed by atoms with Crippen LogP contribution in [0.5, 0.6) is 0 Å². The van der Waals surface area contributed by atoms with Gasteiger partial charge >= 0.3 is 6.03 Å². The molecule has 3 amide bonds. The van der Waals surface area contributed by atoms with E-state index in [1.807, 2.05) is 0 Å². The first-order chi connectivity index (χ1) is 11.4. The molecule has 0 saturated carbocycles. The van der Waals surface area contributed by atoms with Gasteiger partial charge in [-0.25, -0.2) is 9.69 Å². The van der Waals surface area contributed by atoms with Gasteiger partial charge in [0.05, 0.1) is 5.02 Å². The predicted octanol–water partition coefficient (Wildman–Crippen LogP) is 4.46. The number of rotatable bonds is 2. The largest absolute Gasteiger partial charge is 0.457 e. The number of hydrogen-bond acceptors (Lipinski definition) is 3. The molecule has 1 aromatic heterocycles. The molecule has 24 heavy (non-hydrogen) atoms. The van der Waals surface area contributed by atoms with Crippen molar-refractivity contribution in [2.45, 2.75) is 6.92 Å². The number of carbonyl (C=O) groups excluding carboxylic acids is 2. The van der Waals surface area contributed by atoms with E-state index in [0.29, 0.717) is 38.3 Å². The molecule has 1 aliphatic rings. The van der Waals surface area contributed by atoms with E-state index in [1.165, 1.54) is 6.20 Å². The molecule has 0 fully saturated rings. The van der Waals surface area contributed by atoms with Crippen LogP contribution in [0.25, 0.3) is 17.4 Å². The highest BCUT2D eigenvalue weighted by Crippen LogP contribution is 2.33. The van der Waals surface area contributed by atoms with E-state index in [-0.39, 0.29) is 0 Å². The lowest BCUT2D eigenvalue weighted by Crippen LogP contribution is -2.33. The van der Waals surface area contributed by atoms with Gasteiger partial charge in [-0.1, -0.05) is 23.2 Å². The Morgan fingerprint density at radius 1 is 1.25 bits per heavy atom. The third-order valence-electron chi connectivity index (χ3n) is 3.54. The number of benzene rings is 1. The fourth-order valence-corrected chi connectivity index (χ4v) is 2.75. The summed E-state index contributed by atoms with van der Waals surface area (Å²) in [7, 11) is 0. The Balaban J connectivity index is 1.95. The van der Waals surface area contributed by atoms with Crippen LogP contribution >= 0.6 is 23.2 Å². The minimum absolute atomic E-state index is 0.340. The number of hydrogen-bond donors (Lipinski definition) is 1. The van der Waals surface area contributed by atoms with E-state index in [1.54, 1.807) is 43.3 Å². The van der Waals surface area contributed by atoms with Crippen LogP contribution in [0.2, 0.25) is 10.0 Å². The summed E-state index contributed by atoms with van der Waals surface area (Å²) in [6.45, 7) is 1.71. The van der Waals surface area contributed by atoms with Crippen LogP contribution in [-0.2, 0) is 4.79 Å². The number of furan rings is 1.